The molecule has 1 aliphatic rings. The van der Waals surface area contributed by atoms with E-state index in [-0.39, 0.29) is 13.4 Å². The summed E-state index contributed by atoms with van der Waals surface area (Å²) >= 11 is 0. The van der Waals surface area contributed by atoms with Gasteiger partial charge in [0.05, 0.1) is 18.2 Å². The van der Waals surface area contributed by atoms with Crippen LogP contribution in [0, 0.1) is 0 Å². The van der Waals surface area contributed by atoms with Crippen LogP contribution < -0.4 is 5.32 Å². The second-order valence-electron chi connectivity index (χ2n) is 7.14. The summed E-state index contributed by atoms with van der Waals surface area (Å²) in [5, 5.41) is 21.3. The number of amides is 1. The van der Waals surface area contributed by atoms with E-state index in [0.29, 0.717) is 13.0 Å². The molecule has 0 aromatic rings. The number of aliphatic hydroxyl groups is 1. The van der Waals surface area contributed by atoms with Gasteiger partial charge in [-0.2, -0.15) is 0 Å². The van der Waals surface area contributed by atoms with Crippen LogP contribution in [-0.4, -0.2) is 56.0 Å². The number of carbonyl (C=O) groups is 1. The van der Waals surface area contributed by atoms with Crippen molar-refractivity contribution in [3.05, 3.63) is 0 Å². The Kier molecular flexibility index (Phi) is 7.12. The fourth-order valence-electron chi connectivity index (χ4n) is 2.26. The number of nitrogens with one attached hydrogen (secondary N) is 1. The third-order valence-electron chi connectivity index (χ3n) is 3.72. The third-order valence-corrected chi connectivity index (χ3v) is 5.42. The van der Waals surface area contributed by atoms with Crippen molar-refractivity contribution in [3.8, 4) is 0 Å². The summed E-state index contributed by atoms with van der Waals surface area (Å²) in [4.78, 5) is 10.8. The molecule has 0 heterocycles. The van der Waals surface area contributed by atoms with Gasteiger partial charge in [0.1, 0.15) is 6.79 Å². The van der Waals surface area contributed by atoms with Gasteiger partial charge >= 0.3 is 6.09 Å². The minimum absolute atomic E-state index is 0.167. The number of rotatable bonds is 10. The molecule has 1 saturated carbocycles. The zero-order valence-electron chi connectivity index (χ0n) is 13.4. The van der Waals surface area contributed by atoms with E-state index in [1.807, 2.05) is 0 Å². The van der Waals surface area contributed by atoms with Crippen LogP contribution in [0.4, 0.5) is 4.79 Å². The minimum atomic E-state index is -1.09. The first kappa shape index (κ1) is 18.4. The molecule has 0 radical (unpaired) electrons. The van der Waals surface area contributed by atoms with Gasteiger partial charge in [-0.25, -0.2) is 4.79 Å². The van der Waals surface area contributed by atoms with Crippen LogP contribution in [0.25, 0.3) is 0 Å². The second-order valence-corrected chi connectivity index (χ2v) is 12.8. The Hall–Kier alpha value is -0.633. The lowest BCUT2D eigenvalue weighted by Gasteiger charge is -2.39. The van der Waals surface area contributed by atoms with Gasteiger partial charge < -0.3 is 25.0 Å². The largest absolute Gasteiger partial charge is 0.465 e. The zero-order chi connectivity index (χ0) is 15.9. The summed E-state index contributed by atoms with van der Waals surface area (Å²) in [6.45, 7) is 7.91. The second kappa shape index (κ2) is 8.12. The lowest BCUT2D eigenvalue weighted by Crippen LogP contribution is -2.47. The van der Waals surface area contributed by atoms with E-state index >= 15 is 0 Å². The molecule has 3 N–H and O–H groups in total. The summed E-state index contributed by atoms with van der Waals surface area (Å²) in [5.41, 5.74) is -0.727. The highest BCUT2D eigenvalue weighted by Crippen LogP contribution is 2.35. The van der Waals surface area contributed by atoms with Crippen LogP contribution in [0.5, 0.6) is 0 Å². The van der Waals surface area contributed by atoms with Crippen molar-refractivity contribution in [2.24, 2.45) is 0 Å². The van der Waals surface area contributed by atoms with Gasteiger partial charge in [-0.1, -0.05) is 19.6 Å². The molecule has 1 fully saturated rings. The normalized spacial score (nSPS) is 18.9. The standard InChI is InChI=1S/C14H29NO5Si/c1-21(2,3)8-7-19-11-20-10-12(15-13(16)17)9-14(18)5-4-6-14/h12,15,18H,4-11H2,1-3H3,(H,16,17). The molecule has 1 rings (SSSR count). The van der Waals surface area contributed by atoms with E-state index in [0.717, 1.165) is 25.3 Å². The molecule has 7 heteroatoms. The Morgan fingerprint density at radius 3 is 2.48 bits per heavy atom. The van der Waals surface area contributed by atoms with Crippen LogP contribution in [0.3, 0.4) is 0 Å². The maximum absolute atomic E-state index is 10.8. The van der Waals surface area contributed by atoms with Crippen molar-refractivity contribution < 1.29 is 24.5 Å². The maximum Gasteiger partial charge on any atom is 0.404 e. The van der Waals surface area contributed by atoms with Gasteiger partial charge in [-0.05, 0) is 31.7 Å². The Labute approximate surface area is 127 Å². The molecule has 0 aromatic carbocycles. The summed E-state index contributed by atoms with van der Waals surface area (Å²) < 4.78 is 10.8. The van der Waals surface area contributed by atoms with Crippen molar-refractivity contribution >= 4 is 14.2 Å². The van der Waals surface area contributed by atoms with E-state index in [1.165, 1.54) is 0 Å². The topological polar surface area (TPSA) is 88.0 Å². The summed E-state index contributed by atoms with van der Waals surface area (Å²) in [7, 11) is -1.09. The molecule has 6 nitrogen and oxygen atoms in total. The fourth-order valence-corrected chi connectivity index (χ4v) is 3.02. The molecule has 0 bridgehead atoms. The SMILES string of the molecule is C[Si](C)(C)CCOCOCC(CC1(O)CCC1)NC(=O)O. The molecule has 124 valence electrons. The number of ether oxygens (including phenoxy) is 2. The summed E-state index contributed by atoms with van der Waals surface area (Å²) in [6, 6.07) is 0.681. The first-order valence-corrected chi connectivity index (χ1v) is 11.3. The van der Waals surface area contributed by atoms with Gasteiger partial charge in [-0.15, -0.1) is 0 Å². The number of hydrogen-bond acceptors (Lipinski definition) is 4. The van der Waals surface area contributed by atoms with Crippen LogP contribution in [0.2, 0.25) is 25.7 Å². The van der Waals surface area contributed by atoms with Crippen LogP contribution in [0.1, 0.15) is 25.7 Å². The van der Waals surface area contributed by atoms with E-state index in [2.05, 4.69) is 25.0 Å². The highest BCUT2D eigenvalue weighted by atomic mass is 28.3. The van der Waals surface area contributed by atoms with E-state index in [4.69, 9.17) is 14.6 Å². The zero-order valence-corrected chi connectivity index (χ0v) is 14.4. The average Bonchev–Trinajstić information content (AvgIpc) is 2.29. The molecule has 1 unspecified atom stereocenters. The van der Waals surface area contributed by atoms with Crippen molar-refractivity contribution in [3.63, 3.8) is 0 Å². The minimum Gasteiger partial charge on any atom is -0.465 e. The number of hydrogen-bond donors (Lipinski definition) is 3. The Bertz CT molecular complexity index is 328. The van der Waals surface area contributed by atoms with Gasteiger partial charge in [0.2, 0.25) is 0 Å². The molecule has 0 saturated heterocycles. The first-order chi connectivity index (χ1) is 9.70. The summed E-state index contributed by atoms with van der Waals surface area (Å²) in [6.07, 6.45) is 1.77. The average molecular weight is 319 g/mol. The van der Waals surface area contributed by atoms with Crippen LogP contribution >= 0.6 is 0 Å². The smallest absolute Gasteiger partial charge is 0.404 e. The fraction of sp³-hybridized carbons (Fsp3) is 0.929. The van der Waals surface area contributed by atoms with E-state index in [9.17, 15) is 9.90 Å². The Balaban J connectivity index is 2.19. The van der Waals surface area contributed by atoms with E-state index < -0.39 is 25.8 Å². The lowest BCUT2D eigenvalue weighted by atomic mass is 9.76. The monoisotopic (exact) mass is 319 g/mol. The molecule has 1 amide bonds. The van der Waals surface area contributed by atoms with Gasteiger partial charge in [0, 0.05) is 14.7 Å². The molecule has 1 atom stereocenters. The maximum atomic E-state index is 10.8. The van der Waals surface area contributed by atoms with E-state index in [1.54, 1.807) is 0 Å². The Morgan fingerprint density at radius 1 is 1.33 bits per heavy atom. The first-order valence-electron chi connectivity index (χ1n) is 7.58. The molecule has 0 aliphatic heterocycles. The molecule has 21 heavy (non-hydrogen) atoms. The quantitative estimate of drug-likeness (QED) is 0.326. The highest BCUT2D eigenvalue weighted by molar-refractivity contribution is 6.76. The van der Waals surface area contributed by atoms with Crippen molar-refractivity contribution in [2.45, 2.75) is 63.0 Å². The number of carboxylic acid groups (broad SMARTS) is 1. The molecule has 1 aliphatic carbocycles. The third kappa shape index (κ3) is 8.40. The van der Waals surface area contributed by atoms with Crippen molar-refractivity contribution in [2.75, 3.05) is 20.0 Å². The molecule has 0 spiro atoms. The molecular weight excluding hydrogens is 290 g/mol. The van der Waals surface area contributed by atoms with Gasteiger partial charge in [0.25, 0.3) is 0 Å². The predicted octanol–water partition coefficient (Wildman–Crippen LogP) is 2.26. The highest BCUT2D eigenvalue weighted by Gasteiger charge is 2.37. The van der Waals surface area contributed by atoms with Crippen molar-refractivity contribution in [1.29, 1.82) is 0 Å². The molecular formula is C14H29NO5Si. The predicted molar refractivity (Wildman–Crippen MR) is 83.3 cm³/mol. The van der Waals surface area contributed by atoms with Crippen molar-refractivity contribution in [1.82, 2.24) is 5.32 Å². The molecule has 0 aromatic heterocycles. The lowest BCUT2D eigenvalue weighted by molar-refractivity contribution is -0.0788. The van der Waals surface area contributed by atoms with Crippen LogP contribution in [0.15, 0.2) is 0 Å². The Morgan fingerprint density at radius 2 is 2.00 bits per heavy atom. The van der Waals surface area contributed by atoms with Gasteiger partial charge in [0.15, 0.2) is 0 Å². The van der Waals surface area contributed by atoms with Crippen LogP contribution in [-0.2, 0) is 9.47 Å². The van der Waals surface area contributed by atoms with Gasteiger partial charge in [-0.3, -0.25) is 0 Å². The summed E-state index contributed by atoms with van der Waals surface area (Å²) in [5.74, 6) is 0.